The highest BCUT2D eigenvalue weighted by atomic mass is 32.1. The van der Waals surface area contributed by atoms with Crippen molar-refractivity contribution in [3.63, 3.8) is 0 Å². The molecule has 4 rings (SSSR count). The van der Waals surface area contributed by atoms with Crippen LogP contribution in [0.15, 0.2) is 22.6 Å². The van der Waals surface area contributed by atoms with Crippen LogP contribution >= 0.6 is 12.2 Å². The summed E-state index contributed by atoms with van der Waals surface area (Å²) in [7, 11) is 0. The fourth-order valence-electron chi connectivity index (χ4n) is 3.97. The Balaban J connectivity index is 1.50. The molecule has 1 aromatic heterocycles. The second-order valence-electron chi connectivity index (χ2n) is 6.52. The number of hydrogen-bond donors (Lipinski definition) is 2. The van der Waals surface area contributed by atoms with Gasteiger partial charge in [-0.2, -0.15) is 0 Å². The van der Waals surface area contributed by atoms with Crippen LogP contribution in [0.5, 0.6) is 0 Å². The maximum absolute atomic E-state index is 12.6. The van der Waals surface area contributed by atoms with Gasteiger partial charge in [-0.1, -0.05) is 6.42 Å². The Morgan fingerprint density at radius 2 is 2.35 bits per heavy atom. The Morgan fingerprint density at radius 3 is 3.04 bits per heavy atom. The summed E-state index contributed by atoms with van der Waals surface area (Å²) in [6.07, 6.45) is 4.73. The molecule has 2 saturated carbocycles. The smallest absolute Gasteiger partial charge is 0.266 e. The zero-order valence-electron chi connectivity index (χ0n) is 13.1. The van der Waals surface area contributed by atoms with E-state index >= 15 is 0 Å². The van der Waals surface area contributed by atoms with E-state index in [0.29, 0.717) is 22.1 Å². The largest absolute Gasteiger partial charge is 0.429 e. The first-order chi connectivity index (χ1) is 11.1. The third-order valence-corrected chi connectivity index (χ3v) is 5.61. The van der Waals surface area contributed by atoms with Crippen molar-refractivity contribution in [2.75, 3.05) is 6.61 Å². The first-order valence-electron chi connectivity index (χ1n) is 8.18. The summed E-state index contributed by atoms with van der Waals surface area (Å²) in [5, 5.41) is 3.19. The van der Waals surface area contributed by atoms with E-state index in [-0.39, 0.29) is 17.4 Å². The van der Waals surface area contributed by atoms with Crippen molar-refractivity contribution < 1.29 is 13.9 Å². The van der Waals surface area contributed by atoms with Crippen LogP contribution < -0.4 is 5.32 Å². The Kier molecular flexibility index (Phi) is 3.54. The number of nitrogens with one attached hydrogen (secondary N) is 2. The molecule has 2 atom stereocenters. The molecule has 2 unspecified atom stereocenters. The average molecular weight is 332 g/mol. The Hall–Kier alpha value is -1.66. The van der Waals surface area contributed by atoms with Gasteiger partial charge in [-0.3, -0.25) is 4.79 Å². The molecule has 2 aliphatic rings. The third-order valence-electron chi connectivity index (χ3n) is 5.43. The van der Waals surface area contributed by atoms with Crippen LogP contribution in [0, 0.1) is 10.3 Å². The predicted molar refractivity (Wildman–Crippen MR) is 89.0 cm³/mol. The first-order valence-corrected chi connectivity index (χ1v) is 8.58. The molecule has 1 heterocycles. The maximum atomic E-state index is 12.6. The molecule has 23 heavy (non-hydrogen) atoms. The Bertz CT molecular complexity index is 806. The molecule has 1 amide bonds. The molecule has 0 aliphatic heterocycles. The number of benzene rings is 1. The van der Waals surface area contributed by atoms with Gasteiger partial charge in [0, 0.05) is 23.6 Å². The zero-order valence-corrected chi connectivity index (χ0v) is 13.9. The summed E-state index contributed by atoms with van der Waals surface area (Å²) in [5.74, 6) is -0.0551. The van der Waals surface area contributed by atoms with Crippen LogP contribution in [0.25, 0.3) is 11.1 Å². The fraction of sp³-hybridized carbons (Fsp3) is 0.529. The van der Waals surface area contributed by atoms with Crippen LogP contribution in [0.2, 0.25) is 0 Å². The standard InChI is InChI=1S/C17H20N2O3S/c1-2-21-14-9-13(17(14)6-3-7-17)19-15(20)10-4-5-11-12(8-10)22-16(23)18-11/h4-5,8,13-14H,2-3,6-7,9H2,1H3,(H,18,23)(H,19,20). The third kappa shape index (κ3) is 2.32. The van der Waals surface area contributed by atoms with Crippen molar-refractivity contribution >= 4 is 29.2 Å². The minimum absolute atomic E-state index is 0.0551. The Labute approximate surface area is 139 Å². The molecule has 2 aromatic rings. The van der Waals surface area contributed by atoms with Crippen molar-refractivity contribution in [3.05, 3.63) is 28.6 Å². The summed E-state index contributed by atoms with van der Waals surface area (Å²) in [5.41, 5.74) is 2.19. The lowest BCUT2D eigenvalue weighted by Crippen LogP contribution is -2.67. The van der Waals surface area contributed by atoms with Crippen molar-refractivity contribution in [2.45, 2.75) is 44.8 Å². The van der Waals surface area contributed by atoms with E-state index in [1.54, 1.807) is 12.1 Å². The van der Waals surface area contributed by atoms with Gasteiger partial charge in [-0.05, 0) is 56.6 Å². The number of ether oxygens (including phenoxy) is 1. The van der Waals surface area contributed by atoms with Gasteiger partial charge in [-0.15, -0.1) is 0 Å². The van der Waals surface area contributed by atoms with E-state index in [1.807, 2.05) is 13.0 Å². The van der Waals surface area contributed by atoms with Crippen molar-refractivity contribution in [2.24, 2.45) is 5.41 Å². The number of amides is 1. The molecular formula is C17H20N2O3S. The van der Waals surface area contributed by atoms with Crippen LogP contribution in [0.4, 0.5) is 0 Å². The number of carbonyl (C=O) groups excluding carboxylic acids is 1. The average Bonchev–Trinajstić information content (AvgIpc) is 2.83. The maximum Gasteiger partial charge on any atom is 0.266 e. The monoisotopic (exact) mass is 332 g/mol. The lowest BCUT2D eigenvalue weighted by molar-refractivity contribution is -0.169. The van der Waals surface area contributed by atoms with Gasteiger partial charge < -0.3 is 19.5 Å². The van der Waals surface area contributed by atoms with Crippen LogP contribution in [-0.4, -0.2) is 29.6 Å². The highest BCUT2D eigenvalue weighted by molar-refractivity contribution is 7.71. The van der Waals surface area contributed by atoms with Gasteiger partial charge in [0.15, 0.2) is 5.58 Å². The SMILES string of the molecule is CCOC1CC(NC(=O)c2ccc3[nH]c(=S)oc3c2)C12CCC2. The molecule has 2 fully saturated rings. The quantitative estimate of drug-likeness (QED) is 0.840. The molecular weight excluding hydrogens is 312 g/mol. The van der Waals surface area contributed by atoms with E-state index in [0.717, 1.165) is 31.4 Å². The van der Waals surface area contributed by atoms with Gasteiger partial charge in [0.2, 0.25) is 0 Å². The van der Waals surface area contributed by atoms with Crippen molar-refractivity contribution in [1.82, 2.24) is 10.3 Å². The van der Waals surface area contributed by atoms with Gasteiger partial charge in [0.1, 0.15) is 0 Å². The van der Waals surface area contributed by atoms with Crippen molar-refractivity contribution in [3.8, 4) is 0 Å². The van der Waals surface area contributed by atoms with E-state index in [9.17, 15) is 4.79 Å². The van der Waals surface area contributed by atoms with Crippen LogP contribution in [0.3, 0.4) is 0 Å². The fourth-order valence-corrected chi connectivity index (χ4v) is 4.17. The minimum atomic E-state index is -0.0551. The van der Waals surface area contributed by atoms with Crippen LogP contribution in [0.1, 0.15) is 43.0 Å². The lowest BCUT2D eigenvalue weighted by atomic mass is 9.51. The highest BCUT2D eigenvalue weighted by Crippen LogP contribution is 2.57. The molecule has 0 radical (unpaired) electrons. The normalized spacial score (nSPS) is 25.1. The minimum Gasteiger partial charge on any atom is -0.429 e. The number of aromatic amines is 1. The number of carbonyl (C=O) groups is 1. The summed E-state index contributed by atoms with van der Waals surface area (Å²) in [4.78, 5) is 15.8. The molecule has 1 aromatic carbocycles. The lowest BCUT2D eigenvalue weighted by Gasteiger charge is -2.61. The summed E-state index contributed by atoms with van der Waals surface area (Å²) >= 11 is 4.97. The molecule has 0 saturated heterocycles. The number of hydrogen-bond acceptors (Lipinski definition) is 4. The highest BCUT2D eigenvalue weighted by Gasteiger charge is 2.59. The van der Waals surface area contributed by atoms with E-state index in [1.165, 1.54) is 6.42 Å². The van der Waals surface area contributed by atoms with Gasteiger partial charge >= 0.3 is 0 Å². The summed E-state index contributed by atoms with van der Waals surface area (Å²) in [6.45, 7) is 2.77. The Morgan fingerprint density at radius 1 is 1.52 bits per heavy atom. The van der Waals surface area contributed by atoms with E-state index in [2.05, 4.69) is 10.3 Å². The van der Waals surface area contributed by atoms with Crippen LogP contribution in [-0.2, 0) is 4.74 Å². The topological polar surface area (TPSA) is 67.3 Å². The molecule has 0 bridgehead atoms. The first kappa shape index (κ1) is 14.9. The van der Waals surface area contributed by atoms with Gasteiger partial charge in [0.25, 0.3) is 10.7 Å². The molecule has 5 nitrogen and oxygen atoms in total. The second kappa shape index (κ2) is 5.46. The molecule has 1 spiro atoms. The number of rotatable bonds is 4. The number of aromatic nitrogens is 1. The number of fused-ring (bicyclic) bond motifs is 1. The summed E-state index contributed by atoms with van der Waals surface area (Å²) < 4.78 is 11.2. The number of oxazole rings is 1. The second-order valence-corrected chi connectivity index (χ2v) is 6.89. The molecule has 2 N–H and O–H groups in total. The van der Waals surface area contributed by atoms with Gasteiger partial charge in [-0.25, -0.2) is 0 Å². The van der Waals surface area contributed by atoms with Gasteiger partial charge in [0.05, 0.1) is 11.6 Å². The van der Waals surface area contributed by atoms with Crippen molar-refractivity contribution in [1.29, 1.82) is 0 Å². The molecule has 6 heteroatoms. The molecule has 2 aliphatic carbocycles. The van der Waals surface area contributed by atoms with E-state index < -0.39 is 0 Å². The zero-order chi connectivity index (χ0) is 16.0. The van der Waals surface area contributed by atoms with E-state index in [4.69, 9.17) is 21.4 Å². The predicted octanol–water partition coefficient (Wildman–Crippen LogP) is 3.57. The summed E-state index contributed by atoms with van der Waals surface area (Å²) in [6, 6.07) is 5.58. The number of H-pyrrole nitrogens is 1. The molecule has 122 valence electrons.